The van der Waals surface area contributed by atoms with Gasteiger partial charge in [-0.3, -0.25) is 0 Å². The van der Waals surface area contributed by atoms with Gasteiger partial charge < -0.3 is 19.1 Å². The van der Waals surface area contributed by atoms with Crippen LogP contribution in [0.25, 0.3) is 11.4 Å². The summed E-state index contributed by atoms with van der Waals surface area (Å²) < 4.78 is 37.9. The molecule has 178 valence electrons. The quantitative estimate of drug-likeness (QED) is 0.666. The summed E-state index contributed by atoms with van der Waals surface area (Å²) in [5, 5.41) is 4.11. The van der Waals surface area contributed by atoms with Crippen molar-refractivity contribution < 1.29 is 22.5 Å². The van der Waals surface area contributed by atoms with Gasteiger partial charge in [0.2, 0.25) is 21.7 Å². The van der Waals surface area contributed by atoms with Crippen molar-refractivity contribution in [2.24, 2.45) is 0 Å². The Hall–Kier alpha value is -2.50. The van der Waals surface area contributed by atoms with E-state index < -0.39 is 10.0 Å². The van der Waals surface area contributed by atoms with Crippen LogP contribution in [0.2, 0.25) is 0 Å². The molecule has 3 saturated heterocycles. The molecule has 3 fully saturated rings. The molecule has 2 amide bonds. The highest BCUT2D eigenvalue weighted by Gasteiger charge is 2.32. The average molecular weight is 476 g/mol. The third kappa shape index (κ3) is 4.62. The molecule has 4 heterocycles. The number of hydrogen-bond acceptors (Lipinski definition) is 7. The zero-order valence-electron chi connectivity index (χ0n) is 18.6. The monoisotopic (exact) mass is 475 g/mol. The standard InChI is InChI=1S/C22H29N5O5S/c28-22(25-12-14-31-15-13-25)26-9-3-4-18(16-26)21-23-20(24-32-21)17-5-7-19(8-6-17)33(29,30)27-10-1-2-11-27/h5-8,18H,1-4,9-16H2/t18-/m1/s1. The smallest absolute Gasteiger partial charge is 0.320 e. The predicted molar refractivity (Wildman–Crippen MR) is 119 cm³/mol. The van der Waals surface area contributed by atoms with Gasteiger partial charge in [0.25, 0.3) is 0 Å². The molecule has 3 aliphatic heterocycles. The molecule has 0 N–H and O–H groups in total. The molecule has 5 rings (SSSR count). The summed E-state index contributed by atoms with van der Waals surface area (Å²) in [5.41, 5.74) is 0.697. The first kappa shape index (κ1) is 22.3. The minimum Gasteiger partial charge on any atom is -0.378 e. The fourth-order valence-electron chi connectivity index (χ4n) is 4.68. The molecular weight excluding hydrogens is 446 g/mol. The molecule has 0 radical (unpaired) electrons. The van der Waals surface area contributed by atoms with Gasteiger partial charge in [0, 0.05) is 44.8 Å². The van der Waals surface area contributed by atoms with Crippen LogP contribution in [0, 0.1) is 0 Å². The van der Waals surface area contributed by atoms with Gasteiger partial charge >= 0.3 is 6.03 Å². The lowest BCUT2D eigenvalue weighted by Crippen LogP contribution is -2.50. The topological polar surface area (TPSA) is 109 Å². The predicted octanol–water partition coefficient (Wildman–Crippen LogP) is 2.15. The Morgan fingerprint density at radius 2 is 1.67 bits per heavy atom. The Bertz CT molecular complexity index is 1070. The second-order valence-corrected chi connectivity index (χ2v) is 10.7. The highest BCUT2D eigenvalue weighted by atomic mass is 32.2. The molecule has 0 bridgehead atoms. The summed E-state index contributed by atoms with van der Waals surface area (Å²) in [6.45, 7) is 4.81. The molecule has 11 heteroatoms. The molecule has 2 aromatic rings. The van der Waals surface area contributed by atoms with E-state index in [4.69, 9.17) is 9.26 Å². The van der Waals surface area contributed by atoms with Gasteiger partial charge in [0.1, 0.15) is 0 Å². The summed E-state index contributed by atoms with van der Waals surface area (Å²) in [7, 11) is -3.45. The maximum absolute atomic E-state index is 12.8. The maximum Gasteiger partial charge on any atom is 0.320 e. The number of carbonyl (C=O) groups is 1. The van der Waals surface area contributed by atoms with Gasteiger partial charge in [-0.2, -0.15) is 9.29 Å². The van der Waals surface area contributed by atoms with Gasteiger partial charge in [-0.05, 0) is 49.9 Å². The van der Waals surface area contributed by atoms with E-state index >= 15 is 0 Å². The van der Waals surface area contributed by atoms with Crippen molar-refractivity contribution in [3.63, 3.8) is 0 Å². The van der Waals surface area contributed by atoms with Crippen LogP contribution in [-0.4, -0.2) is 91.2 Å². The first-order chi connectivity index (χ1) is 16.0. The van der Waals surface area contributed by atoms with Crippen LogP contribution in [0.5, 0.6) is 0 Å². The molecule has 33 heavy (non-hydrogen) atoms. The minimum absolute atomic E-state index is 0.0141. The zero-order valence-corrected chi connectivity index (χ0v) is 19.4. The van der Waals surface area contributed by atoms with Crippen molar-refractivity contribution in [1.82, 2.24) is 24.2 Å². The van der Waals surface area contributed by atoms with E-state index in [9.17, 15) is 13.2 Å². The number of sulfonamides is 1. The van der Waals surface area contributed by atoms with Gasteiger partial charge in [-0.1, -0.05) is 5.16 Å². The van der Waals surface area contributed by atoms with Crippen molar-refractivity contribution in [2.45, 2.75) is 36.5 Å². The van der Waals surface area contributed by atoms with Crippen molar-refractivity contribution in [3.8, 4) is 11.4 Å². The molecule has 1 atom stereocenters. The number of rotatable bonds is 4. The SMILES string of the molecule is O=C(N1CCOCC1)N1CCC[C@@H](c2nc(-c3ccc(S(=O)(=O)N4CCCC4)cc3)no2)C1. The number of piperidine rings is 1. The summed E-state index contributed by atoms with van der Waals surface area (Å²) in [5.74, 6) is 0.921. The van der Waals surface area contributed by atoms with E-state index in [2.05, 4.69) is 10.1 Å². The third-order valence-electron chi connectivity index (χ3n) is 6.58. The lowest BCUT2D eigenvalue weighted by molar-refractivity contribution is 0.0403. The van der Waals surface area contributed by atoms with E-state index in [0.717, 1.165) is 32.2 Å². The van der Waals surface area contributed by atoms with Crippen LogP contribution in [0.1, 0.15) is 37.5 Å². The molecule has 0 spiro atoms. The Balaban J connectivity index is 1.26. The van der Waals surface area contributed by atoms with E-state index in [0.29, 0.717) is 63.2 Å². The van der Waals surface area contributed by atoms with Crippen LogP contribution in [0.3, 0.4) is 0 Å². The highest BCUT2D eigenvalue weighted by Crippen LogP contribution is 2.29. The lowest BCUT2D eigenvalue weighted by Gasteiger charge is -2.36. The first-order valence-electron chi connectivity index (χ1n) is 11.6. The molecule has 0 saturated carbocycles. The second kappa shape index (κ2) is 9.40. The van der Waals surface area contributed by atoms with E-state index in [1.54, 1.807) is 24.3 Å². The van der Waals surface area contributed by atoms with Crippen LogP contribution < -0.4 is 0 Å². The fourth-order valence-corrected chi connectivity index (χ4v) is 6.20. The fraction of sp³-hybridized carbons (Fsp3) is 0.591. The summed E-state index contributed by atoms with van der Waals surface area (Å²) in [6, 6.07) is 6.67. The number of benzene rings is 1. The van der Waals surface area contributed by atoms with Crippen molar-refractivity contribution in [1.29, 1.82) is 0 Å². The Labute approximate surface area is 193 Å². The van der Waals surface area contributed by atoms with Gasteiger partial charge in [-0.15, -0.1) is 0 Å². The second-order valence-electron chi connectivity index (χ2n) is 8.76. The summed E-state index contributed by atoms with van der Waals surface area (Å²) >= 11 is 0. The van der Waals surface area contributed by atoms with Crippen molar-refractivity contribution in [2.75, 3.05) is 52.5 Å². The molecule has 1 aromatic heterocycles. The van der Waals surface area contributed by atoms with Gasteiger partial charge in [0.15, 0.2) is 0 Å². The number of amides is 2. The number of ether oxygens (including phenoxy) is 1. The molecule has 1 aromatic carbocycles. The number of carbonyl (C=O) groups excluding carboxylic acids is 1. The Morgan fingerprint density at radius 1 is 0.939 bits per heavy atom. The molecule has 0 aliphatic carbocycles. The van der Waals surface area contributed by atoms with Gasteiger partial charge in [0.05, 0.1) is 24.0 Å². The van der Waals surface area contributed by atoms with E-state index in [-0.39, 0.29) is 16.8 Å². The molecule has 3 aliphatic rings. The zero-order chi connectivity index (χ0) is 22.8. The van der Waals surface area contributed by atoms with Crippen molar-refractivity contribution in [3.05, 3.63) is 30.2 Å². The number of urea groups is 1. The van der Waals surface area contributed by atoms with E-state index in [1.165, 1.54) is 4.31 Å². The highest BCUT2D eigenvalue weighted by molar-refractivity contribution is 7.89. The van der Waals surface area contributed by atoms with Gasteiger partial charge in [-0.25, -0.2) is 13.2 Å². The minimum atomic E-state index is -3.45. The van der Waals surface area contributed by atoms with Crippen molar-refractivity contribution >= 4 is 16.1 Å². The molecule has 0 unspecified atom stereocenters. The largest absolute Gasteiger partial charge is 0.378 e. The lowest BCUT2D eigenvalue weighted by atomic mass is 9.98. The third-order valence-corrected chi connectivity index (χ3v) is 8.49. The van der Waals surface area contributed by atoms with Crippen LogP contribution in [0.4, 0.5) is 4.79 Å². The number of morpholine rings is 1. The number of aromatic nitrogens is 2. The molecule has 10 nitrogen and oxygen atoms in total. The Kier molecular flexibility index (Phi) is 6.35. The van der Waals surface area contributed by atoms with Crippen LogP contribution >= 0.6 is 0 Å². The summed E-state index contributed by atoms with van der Waals surface area (Å²) in [6.07, 6.45) is 3.56. The average Bonchev–Trinajstić information content (AvgIpc) is 3.58. The first-order valence-corrected chi connectivity index (χ1v) is 13.0. The van der Waals surface area contributed by atoms with Crippen LogP contribution in [-0.2, 0) is 14.8 Å². The summed E-state index contributed by atoms with van der Waals surface area (Å²) in [4.78, 5) is 21.4. The number of likely N-dealkylation sites (tertiary alicyclic amines) is 1. The maximum atomic E-state index is 12.8. The normalized spacial score (nSPS) is 22.6. The number of hydrogen-bond donors (Lipinski definition) is 0. The molecular formula is C22H29N5O5S. The van der Waals surface area contributed by atoms with Crippen LogP contribution in [0.15, 0.2) is 33.7 Å². The van der Waals surface area contributed by atoms with E-state index in [1.807, 2.05) is 9.80 Å². The number of nitrogens with zero attached hydrogens (tertiary/aromatic N) is 5. The Morgan fingerprint density at radius 3 is 2.39 bits per heavy atom.